The number of methoxy groups -OCH3 is 1. The van der Waals surface area contributed by atoms with Gasteiger partial charge in [0.15, 0.2) is 17.9 Å². The first-order chi connectivity index (χ1) is 23.0. The summed E-state index contributed by atoms with van der Waals surface area (Å²) < 4.78 is 17.1. The second-order valence-electron chi connectivity index (χ2n) is 12.1. The molecule has 16 heteroatoms. The van der Waals surface area contributed by atoms with Crippen molar-refractivity contribution in [2.24, 2.45) is 5.73 Å². The first kappa shape index (κ1) is 35.2. The van der Waals surface area contributed by atoms with Crippen LogP contribution in [0.25, 0.3) is 0 Å². The predicted octanol–water partition coefficient (Wildman–Crippen LogP) is 0.174. The average Bonchev–Trinajstić information content (AvgIpc) is 3.03. The quantitative estimate of drug-likeness (QED) is 0.167. The van der Waals surface area contributed by atoms with Crippen LogP contribution >= 0.6 is 0 Å². The van der Waals surface area contributed by atoms with Gasteiger partial charge in [-0.05, 0) is 19.9 Å². The van der Waals surface area contributed by atoms with Crippen molar-refractivity contribution in [2.75, 3.05) is 7.11 Å². The standard InChI is InChI=1S/C27H29NO10.C6H6N2O3/c1-10-22(30)14(28)7-17(37-10)38-16-9-27(35,11(2)29)8-13-19(16)26(34)21-20(24(13)32)23(31)12-5-4-6-15(36-3)18(12)25(21)33;1-3-7-4(6(10)11)2-5(9)8-3/h4-6,10,14,16-17,22,30,32,34-35H,7-9,28H2,1-3H3;2,7H,1H2,(H,8,9)(H,10,11)/t10-,14-,16-,17-,22+,27-;/m0./s1. The summed E-state index contributed by atoms with van der Waals surface area (Å²) in [6.45, 7) is 6.14. The van der Waals surface area contributed by atoms with Crippen LogP contribution in [-0.2, 0) is 30.3 Å². The largest absolute Gasteiger partial charge is 0.507 e. The van der Waals surface area contributed by atoms with E-state index in [0.29, 0.717) is 0 Å². The number of carbonyl (C=O) groups is 5. The van der Waals surface area contributed by atoms with Gasteiger partial charge in [-0.25, -0.2) is 4.79 Å². The van der Waals surface area contributed by atoms with Crippen molar-refractivity contribution >= 4 is 29.2 Å². The fourth-order valence-electron chi connectivity index (χ4n) is 6.32. The van der Waals surface area contributed by atoms with Crippen molar-refractivity contribution in [3.05, 3.63) is 75.8 Å². The fraction of sp³-hybridized carbons (Fsp3) is 0.364. The number of carboxylic acid groups (broad SMARTS) is 1. The summed E-state index contributed by atoms with van der Waals surface area (Å²) in [5.74, 6) is -4.66. The molecule has 0 unspecified atom stereocenters. The highest BCUT2D eigenvalue weighted by Gasteiger charge is 2.49. The lowest BCUT2D eigenvalue weighted by molar-refractivity contribution is -0.247. The lowest BCUT2D eigenvalue weighted by Gasteiger charge is -2.42. The van der Waals surface area contributed by atoms with Crippen molar-refractivity contribution in [1.29, 1.82) is 0 Å². The number of aliphatic carboxylic acids is 1. The molecule has 2 aliphatic carbocycles. The number of phenols is 2. The molecule has 1 amide bonds. The van der Waals surface area contributed by atoms with Gasteiger partial charge in [0.05, 0.1) is 42.1 Å². The van der Waals surface area contributed by atoms with Gasteiger partial charge in [-0.15, -0.1) is 0 Å². The maximum atomic E-state index is 13.6. The maximum absolute atomic E-state index is 13.6. The number of ether oxygens (including phenoxy) is 3. The van der Waals surface area contributed by atoms with Crippen LogP contribution < -0.4 is 21.1 Å². The Morgan fingerprint density at radius 2 is 1.76 bits per heavy atom. The van der Waals surface area contributed by atoms with Gasteiger partial charge in [0.2, 0.25) is 5.78 Å². The van der Waals surface area contributed by atoms with E-state index in [9.17, 15) is 44.4 Å². The molecule has 49 heavy (non-hydrogen) atoms. The molecule has 0 aromatic heterocycles. The van der Waals surface area contributed by atoms with Crippen LogP contribution in [-0.4, -0.2) is 92.0 Å². The average molecular weight is 682 g/mol. The summed E-state index contributed by atoms with van der Waals surface area (Å²) >= 11 is 0. The molecule has 2 aromatic carbocycles. The first-order valence-corrected chi connectivity index (χ1v) is 15.1. The molecule has 260 valence electrons. The highest BCUT2D eigenvalue weighted by molar-refractivity contribution is 6.31. The van der Waals surface area contributed by atoms with E-state index >= 15 is 0 Å². The molecule has 16 nitrogen and oxygen atoms in total. The Morgan fingerprint density at radius 1 is 1.08 bits per heavy atom. The number of aromatic hydroxyl groups is 2. The smallest absolute Gasteiger partial charge is 0.352 e. The number of hydrogen-bond donors (Lipinski definition) is 8. The molecule has 1 saturated heterocycles. The zero-order valence-corrected chi connectivity index (χ0v) is 26.6. The number of phenolic OH excluding ortho intramolecular Hbond substituents is 2. The van der Waals surface area contributed by atoms with Crippen molar-refractivity contribution in [2.45, 2.75) is 69.4 Å². The Hall–Kier alpha value is -5.13. The molecule has 6 rings (SSSR count). The summed E-state index contributed by atoms with van der Waals surface area (Å²) in [6, 6.07) is 3.75. The second kappa shape index (κ2) is 13.1. The number of hydrogen-bond acceptors (Lipinski definition) is 14. The van der Waals surface area contributed by atoms with Gasteiger partial charge in [0.1, 0.15) is 34.4 Å². The number of rotatable bonds is 5. The molecule has 6 atom stereocenters. The molecule has 2 heterocycles. The molecular weight excluding hydrogens is 646 g/mol. The lowest BCUT2D eigenvalue weighted by atomic mass is 9.72. The lowest BCUT2D eigenvalue weighted by Crippen LogP contribution is -2.52. The minimum Gasteiger partial charge on any atom is -0.507 e. The highest BCUT2D eigenvalue weighted by Crippen LogP contribution is 2.52. The first-order valence-electron chi connectivity index (χ1n) is 15.1. The molecular formula is C33H35N3O13. The van der Waals surface area contributed by atoms with E-state index in [1.54, 1.807) is 6.92 Å². The molecule has 4 aliphatic rings. The van der Waals surface area contributed by atoms with Crippen LogP contribution in [0.15, 0.2) is 42.4 Å². The fourth-order valence-corrected chi connectivity index (χ4v) is 6.32. The van der Waals surface area contributed by atoms with Crippen molar-refractivity contribution in [3.63, 3.8) is 0 Å². The van der Waals surface area contributed by atoms with Gasteiger partial charge in [-0.1, -0.05) is 18.7 Å². The summed E-state index contributed by atoms with van der Waals surface area (Å²) in [6.07, 6.45) is -3.58. The van der Waals surface area contributed by atoms with Gasteiger partial charge in [-0.3, -0.25) is 19.2 Å². The Balaban J connectivity index is 0.000000363. The Kier molecular flexibility index (Phi) is 9.37. The van der Waals surface area contributed by atoms with Gasteiger partial charge in [0.25, 0.3) is 5.91 Å². The molecule has 2 aliphatic heterocycles. The normalized spacial score (nSPS) is 27.2. The Morgan fingerprint density at radius 3 is 2.35 bits per heavy atom. The van der Waals surface area contributed by atoms with E-state index in [1.165, 1.54) is 32.2 Å². The number of aliphatic hydroxyl groups is 2. The number of fused-ring (bicyclic) bond motifs is 3. The number of carbonyl (C=O) groups excluding carboxylic acids is 4. The highest BCUT2D eigenvalue weighted by atomic mass is 16.7. The summed E-state index contributed by atoms with van der Waals surface area (Å²) in [5, 5.41) is 57.2. The second-order valence-corrected chi connectivity index (χ2v) is 12.1. The number of nitrogens with two attached hydrogens (primary N) is 1. The van der Waals surface area contributed by atoms with E-state index in [2.05, 4.69) is 17.2 Å². The summed E-state index contributed by atoms with van der Waals surface area (Å²) in [4.78, 5) is 60.5. The summed E-state index contributed by atoms with van der Waals surface area (Å²) in [7, 11) is 1.34. The third-order valence-corrected chi connectivity index (χ3v) is 8.86. The van der Waals surface area contributed by atoms with Gasteiger partial charge in [-0.2, -0.15) is 0 Å². The Labute approximate surface area is 278 Å². The third kappa shape index (κ3) is 6.27. The van der Waals surface area contributed by atoms with E-state index in [1.807, 2.05) is 0 Å². The SMILES string of the molecule is C=C1NC(=O)C=C(C(=O)O)N1.COc1cccc2c1C(=O)c1c(O)c3c(c(O)c1C2=O)C[C@@](O)(C(C)=O)C[C@@H]3O[C@H]1C[C@H](N)[C@H](O)[C@H](C)O1. The predicted molar refractivity (Wildman–Crippen MR) is 166 cm³/mol. The molecule has 0 spiro atoms. The number of ketones is 3. The van der Waals surface area contributed by atoms with Crippen LogP contribution in [0.3, 0.4) is 0 Å². The van der Waals surface area contributed by atoms with Gasteiger partial charge in [0, 0.05) is 48.1 Å². The van der Waals surface area contributed by atoms with E-state index in [4.69, 9.17) is 25.1 Å². The summed E-state index contributed by atoms with van der Waals surface area (Å²) in [5.41, 5.74) is 2.80. The zero-order chi connectivity index (χ0) is 36.1. The monoisotopic (exact) mass is 681 g/mol. The topological polar surface area (TPSA) is 264 Å². The Bertz CT molecular complexity index is 1820. The third-order valence-electron chi connectivity index (χ3n) is 8.86. The molecule has 0 bridgehead atoms. The number of Topliss-reactive ketones (excluding diaryl/α,β-unsaturated/α-hetero) is 1. The minimum absolute atomic E-state index is 0.0147. The van der Waals surface area contributed by atoms with Gasteiger partial charge < -0.3 is 56.1 Å². The van der Waals surface area contributed by atoms with Crippen LogP contribution in [0.5, 0.6) is 17.2 Å². The van der Waals surface area contributed by atoms with Crippen molar-refractivity contribution in [3.8, 4) is 17.2 Å². The molecule has 9 N–H and O–H groups in total. The van der Waals surface area contributed by atoms with Crippen LogP contribution in [0, 0.1) is 0 Å². The van der Waals surface area contributed by atoms with Crippen LogP contribution in [0.2, 0.25) is 0 Å². The van der Waals surface area contributed by atoms with Crippen molar-refractivity contribution < 1.29 is 63.7 Å². The minimum atomic E-state index is -2.00. The maximum Gasteiger partial charge on any atom is 0.352 e. The van der Waals surface area contributed by atoms with Crippen LogP contribution in [0.1, 0.15) is 75.8 Å². The zero-order valence-electron chi connectivity index (χ0n) is 26.6. The molecule has 0 saturated carbocycles. The molecule has 0 radical (unpaired) electrons. The molecule has 1 fully saturated rings. The van der Waals surface area contributed by atoms with Crippen molar-refractivity contribution in [1.82, 2.24) is 10.6 Å². The number of carboxylic acids is 1. The number of amides is 1. The van der Waals surface area contributed by atoms with E-state index in [0.717, 1.165) is 6.08 Å². The number of aliphatic hydroxyl groups excluding tert-OH is 1. The van der Waals surface area contributed by atoms with Crippen LogP contribution in [0.4, 0.5) is 0 Å². The number of benzene rings is 2. The molecule has 2 aromatic rings. The van der Waals surface area contributed by atoms with E-state index < -0.39 is 94.5 Å². The number of nitrogens with one attached hydrogen (secondary N) is 2. The van der Waals surface area contributed by atoms with E-state index in [-0.39, 0.29) is 52.4 Å². The van der Waals surface area contributed by atoms with Gasteiger partial charge >= 0.3 is 5.97 Å².